The molecule has 2 aromatic carbocycles. The Kier molecular flexibility index (Phi) is 5.38. The number of halogens is 1. The summed E-state index contributed by atoms with van der Waals surface area (Å²) in [6.45, 7) is 1.32. The topological polar surface area (TPSA) is 101 Å². The predicted molar refractivity (Wildman–Crippen MR) is 106 cm³/mol. The quantitative estimate of drug-likeness (QED) is 0.493. The van der Waals surface area contributed by atoms with Gasteiger partial charge in [-0.15, -0.1) is 11.3 Å². The molecule has 0 fully saturated rings. The van der Waals surface area contributed by atoms with Gasteiger partial charge in [0, 0.05) is 27.4 Å². The third kappa shape index (κ3) is 4.07. The number of benzene rings is 2. The third-order valence-corrected chi connectivity index (χ3v) is 5.51. The van der Waals surface area contributed by atoms with Crippen LogP contribution in [0.15, 0.2) is 42.5 Å². The van der Waals surface area contributed by atoms with Crippen LogP contribution in [0.2, 0.25) is 5.02 Å². The van der Waals surface area contributed by atoms with Crippen LogP contribution in [0.3, 0.4) is 0 Å². The molecule has 2 amide bonds. The molecule has 0 spiro atoms. The number of nitro groups is 1. The van der Waals surface area contributed by atoms with E-state index < -0.39 is 16.7 Å². The first-order valence-electron chi connectivity index (χ1n) is 7.87. The Balaban J connectivity index is 1.65. The van der Waals surface area contributed by atoms with Gasteiger partial charge in [0.05, 0.1) is 16.5 Å². The van der Waals surface area contributed by atoms with Gasteiger partial charge in [-0.3, -0.25) is 19.7 Å². The van der Waals surface area contributed by atoms with E-state index in [2.05, 4.69) is 10.6 Å². The summed E-state index contributed by atoms with van der Waals surface area (Å²) in [5.41, 5.74) is 0.686. The average molecular weight is 404 g/mol. The molecule has 138 valence electrons. The number of nitrogens with one attached hydrogen (secondary N) is 2. The van der Waals surface area contributed by atoms with E-state index in [-0.39, 0.29) is 17.9 Å². The zero-order valence-corrected chi connectivity index (χ0v) is 15.7. The Bertz CT molecular complexity index is 1060. The third-order valence-electron chi connectivity index (χ3n) is 3.84. The molecular formula is C18H14ClN3O4S. The summed E-state index contributed by atoms with van der Waals surface area (Å²) >= 11 is 7.49. The molecule has 3 rings (SSSR count). The first-order chi connectivity index (χ1) is 12.9. The summed E-state index contributed by atoms with van der Waals surface area (Å²) in [6.07, 6.45) is 0. The lowest BCUT2D eigenvalue weighted by molar-refractivity contribution is -0.385. The zero-order valence-electron chi connectivity index (χ0n) is 14.1. The van der Waals surface area contributed by atoms with Crippen molar-refractivity contribution < 1.29 is 14.5 Å². The number of amides is 2. The molecule has 0 bridgehead atoms. The smallest absolute Gasteiger partial charge is 0.274 e. The largest absolute Gasteiger partial charge is 0.342 e. The molecule has 27 heavy (non-hydrogen) atoms. The normalized spacial score (nSPS) is 10.6. The number of anilines is 1. The number of hydrogen-bond donors (Lipinski definition) is 2. The second kappa shape index (κ2) is 7.73. The summed E-state index contributed by atoms with van der Waals surface area (Å²) in [7, 11) is 0. The molecule has 9 heteroatoms. The van der Waals surface area contributed by atoms with Crippen molar-refractivity contribution in [2.24, 2.45) is 0 Å². The van der Waals surface area contributed by atoms with E-state index >= 15 is 0 Å². The molecule has 3 aromatic rings. The molecule has 0 saturated carbocycles. The van der Waals surface area contributed by atoms with Crippen LogP contribution in [0.1, 0.15) is 15.2 Å². The molecule has 0 radical (unpaired) electrons. The van der Waals surface area contributed by atoms with Crippen molar-refractivity contribution in [1.29, 1.82) is 0 Å². The van der Waals surface area contributed by atoms with Crippen molar-refractivity contribution in [3.8, 4) is 0 Å². The van der Waals surface area contributed by atoms with Gasteiger partial charge in [0.1, 0.15) is 4.88 Å². The minimum absolute atomic E-state index is 0.0890. The van der Waals surface area contributed by atoms with E-state index in [0.717, 1.165) is 10.1 Å². The van der Waals surface area contributed by atoms with Gasteiger partial charge in [0.2, 0.25) is 5.91 Å². The standard InChI is InChI=1S/C18H14ClN3O4S/c1-10-6-7-11(8-13(10)22(25)26)21-15(23)9-20-18(24)17-16(19)12-4-2-3-5-14(12)27-17/h2-8H,9H2,1H3,(H,20,24)(H,21,23). The molecule has 1 heterocycles. The van der Waals surface area contributed by atoms with Gasteiger partial charge in [-0.25, -0.2) is 0 Å². The highest BCUT2D eigenvalue weighted by Gasteiger charge is 2.18. The Morgan fingerprint density at radius 3 is 2.67 bits per heavy atom. The van der Waals surface area contributed by atoms with E-state index in [1.807, 2.05) is 24.3 Å². The summed E-state index contributed by atoms with van der Waals surface area (Å²) in [5.74, 6) is -0.954. The fourth-order valence-electron chi connectivity index (χ4n) is 2.49. The van der Waals surface area contributed by atoms with Gasteiger partial charge in [0.25, 0.3) is 11.6 Å². The molecule has 0 aliphatic heterocycles. The van der Waals surface area contributed by atoms with Crippen LogP contribution in [0, 0.1) is 17.0 Å². The fraction of sp³-hybridized carbons (Fsp3) is 0.111. The fourth-order valence-corrected chi connectivity index (χ4v) is 3.92. The van der Waals surface area contributed by atoms with Crippen LogP contribution < -0.4 is 10.6 Å². The number of nitro benzene ring substituents is 1. The van der Waals surface area contributed by atoms with Crippen LogP contribution in [0.5, 0.6) is 0 Å². The lowest BCUT2D eigenvalue weighted by Gasteiger charge is -2.07. The van der Waals surface area contributed by atoms with Crippen molar-refractivity contribution in [2.75, 3.05) is 11.9 Å². The highest BCUT2D eigenvalue weighted by Crippen LogP contribution is 2.34. The molecule has 0 atom stereocenters. The Labute approximate surface area is 163 Å². The summed E-state index contributed by atoms with van der Waals surface area (Å²) < 4.78 is 0.879. The predicted octanol–water partition coefficient (Wildman–Crippen LogP) is 4.14. The molecule has 7 nitrogen and oxygen atoms in total. The van der Waals surface area contributed by atoms with Gasteiger partial charge >= 0.3 is 0 Å². The van der Waals surface area contributed by atoms with Crippen molar-refractivity contribution >= 4 is 56.2 Å². The van der Waals surface area contributed by atoms with E-state index in [0.29, 0.717) is 15.5 Å². The zero-order chi connectivity index (χ0) is 19.6. The van der Waals surface area contributed by atoms with Crippen LogP contribution in [-0.4, -0.2) is 23.3 Å². The van der Waals surface area contributed by atoms with Gasteiger partial charge in [-0.05, 0) is 19.1 Å². The first kappa shape index (κ1) is 18.8. The van der Waals surface area contributed by atoms with Crippen LogP contribution in [-0.2, 0) is 4.79 Å². The number of carbonyl (C=O) groups excluding carboxylic acids is 2. The molecule has 0 aliphatic rings. The minimum Gasteiger partial charge on any atom is -0.342 e. The second-order valence-corrected chi connectivity index (χ2v) is 7.16. The molecule has 2 N–H and O–H groups in total. The molecule has 1 aromatic heterocycles. The molecular weight excluding hydrogens is 390 g/mol. The van der Waals surface area contributed by atoms with Gasteiger partial charge in [-0.2, -0.15) is 0 Å². The number of rotatable bonds is 5. The SMILES string of the molecule is Cc1ccc(NC(=O)CNC(=O)c2sc3ccccc3c2Cl)cc1[N+](=O)[O-]. The van der Waals surface area contributed by atoms with Crippen LogP contribution >= 0.6 is 22.9 Å². The maximum absolute atomic E-state index is 12.3. The first-order valence-corrected chi connectivity index (χ1v) is 9.06. The van der Waals surface area contributed by atoms with E-state index in [1.165, 1.54) is 17.4 Å². The molecule has 0 saturated heterocycles. The number of hydrogen-bond acceptors (Lipinski definition) is 5. The number of fused-ring (bicyclic) bond motifs is 1. The van der Waals surface area contributed by atoms with Crippen molar-refractivity contribution in [3.63, 3.8) is 0 Å². The number of carbonyl (C=O) groups is 2. The second-order valence-electron chi connectivity index (χ2n) is 5.73. The van der Waals surface area contributed by atoms with Gasteiger partial charge in [0.15, 0.2) is 0 Å². The number of thiophene rings is 1. The summed E-state index contributed by atoms with van der Waals surface area (Å²) in [6, 6.07) is 11.7. The Morgan fingerprint density at radius 2 is 1.96 bits per heavy atom. The molecule has 0 aliphatic carbocycles. The Morgan fingerprint density at radius 1 is 1.22 bits per heavy atom. The van der Waals surface area contributed by atoms with E-state index in [4.69, 9.17) is 11.6 Å². The number of nitrogens with zero attached hydrogens (tertiary/aromatic N) is 1. The summed E-state index contributed by atoms with van der Waals surface area (Å²) in [4.78, 5) is 35.1. The maximum Gasteiger partial charge on any atom is 0.274 e. The maximum atomic E-state index is 12.3. The van der Waals surface area contributed by atoms with Crippen molar-refractivity contribution in [2.45, 2.75) is 6.92 Å². The van der Waals surface area contributed by atoms with Gasteiger partial charge < -0.3 is 10.6 Å². The van der Waals surface area contributed by atoms with E-state index in [1.54, 1.807) is 19.1 Å². The Hall–Kier alpha value is -2.97. The number of aryl methyl sites for hydroxylation is 1. The monoisotopic (exact) mass is 403 g/mol. The lowest BCUT2D eigenvalue weighted by atomic mass is 10.2. The van der Waals surface area contributed by atoms with E-state index in [9.17, 15) is 19.7 Å². The van der Waals surface area contributed by atoms with Crippen LogP contribution in [0.4, 0.5) is 11.4 Å². The van der Waals surface area contributed by atoms with Crippen molar-refractivity contribution in [1.82, 2.24) is 5.32 Å². The van der Waals surface area contributed by atoms with Crippen molar-refractivity contribution in [3.05, 3.63) is 68.0 Å². The lowest BCUT2D eigenvalue weighted by Crippen LogP contribution is -2.32. The van der Waals surface area contributed by atoms with Gasteiger partial charge in [-0.1, -0.05) is 35.9 Å². The highest BCUT2D eigenvalue weighted by molar-refractivity contribution is 7.21. The van der Waals surface area contributed by atoms with Crippen LogP contribution in [0.25, 0.3) is 10.1 Å². The average Bonchev–Trinajstić information content (AvgIpc) is 2.98. The minimum atomic E-state index is -0.518. The highest BCUT2D eigenvalue weighted by atomic mass is 35.5. The molecule has 0 unspecified atom stereocenters. The summed E-state index contributed by atoms with van der Waals surface area (Å²) in [5, 5.41) is 17.1.